The van der Waals surface area contributed by atoms with Gasteiger partial charge in [0.25, 0.3) is 11.8 Å². The lowest BCUT2D eigenvalue weighted by Crippen LogP contribution is -2.28. The number of hydrogen-bond donors (Lipinski definition) is 4. The van der Waals surface area contributed by atoms with E-state index in [2.05, 4.69) is 37.7 Å². The third-order valence-corrected chi connectivity index (χ3v) is 5.58. The zero-order valence-corrected chi connectivity index (χ0v) is 18.9. The van der Waals surface area contributed by atoms with E-state index in [1.165, 1.54) is 30.6 Å². The molecule has 1 fully saturated rings. The predicted molar refractivity (Wildman–Crippen MR) is 126 cm³/mol. The number of pyridine rings is 1. The van der Waals surface area contributed by atoms with Gasteiger partial charge in [-0.25, -0.2) is 4.98 Å². The average molecular weight is 505 g/mol. The largest absolute Gasteiger partial charge is 0.415 e. The van der Waals surface area contributed by atoms with Crippen molar-refractivity contribution in [2.45, 2.75) is 19.0 Å². The summed E-state index contributed by atoms with van der Waals surface area (Å²) in [5.74, 6) is -1.04. The number of aromatic amines is 1. The first-order chi connectivity index (χ1) is 16.6. The Labute approximate surface area is 202 Å². The third-order valence-electron chi connectivity index (χ3n) is 5.28. The van der Waals surface area contributed by atoms with Crippen molar-refractivity contribution in [3.63, 3.8) is 0 Å². The molecule has 0 spiro atoms. The first-order valence-corrected chi connectivity index (χ1v) is 10.9. The number of alkyl halides is 3. The molecule has 1 aliphatic rings. The zero-order valence-electron chi connectivity index (χ0n) is 18.2. The molecular weight excluding hydrogens is 485 g/mol. The van der Waals surface area contributed by atoms with E-state index in [1.807, 2.05) is 0 Å². The minimum Gasteiger partial charge on any atom is -0.352 e. The second-order valence-electron chi connectivity index (χ2n) is 7.97. The molecule has 0 saturated heterocycles. The zero-order chi connectivity index (χ0) is 25.2. The smallest absolute Gasteiger partial charge is 0.352 e. The Bertz CT molecular complexity index is 1330. The molecule has 8 nitrogen and oxygen atoms in total. The van der Waals surface area contributed by atoms with Crippen LogP contribution in [0.25, 0.3) is 10.9 Å². The number of amides is 2. The summed E-state index contributed by atoms with van der Waals surface area (Å²) in [4.78, 5) is 30.1. The molecule has 0 aliphatic heterocycles. The van der Waals surface area contributed by atoms with Crippen molar-refractivity contribution in [3.05, 3.63) is 71.2 Å². The number of nitrogens with one attached hydrogen (secondary N) is 4. The van der Waals surface area contributed by atoms with E-state index in [9.17, 15) is 22.8 Å². The van der Waals surface area contributed by atoms with E-state index in [0.29, 0.717) is 29.4 Å². The maximum absolute atomic E-state index is 13.2. The van der Waals surface area contributed by atoms with Gasteiger partial charge in [-0.15, -0.1) is 0 Å². The summed E-state index contributed by atoms with van der Waals surface area (Å²) >= 11 is 6.05. The first-order valence-electron chi connectivity index (χ1n) is 10.5. The molecule has 0 radical (unpaired) electrons. The van der Waals surface area contributed by atoms with Gasteiger partial charge in [-0.2, -0.15) is 18.3 Å². The molecule has 4 N–H and O–H groups in total. The van der Waals surface area contributed by atoms with Crippen LogP contribution in [0.1, 0.15) is 23.2 Å². The molecule has 2 amide bonds. The summed E-state index contributed by atoms with van der Waals surface area (Å²) in [6.07, 6.45) is 0.693. The molecule has 1 aliphatic carbocycles. The topological polar surface area (TPSA) is 112 Å². The molecule has 0 atom stereocenters. The standard InChI is InChI=1S/C23H20ClF3N6O2/c1-12(23(25,26)27)9-17(31-20-15(24)3-2-8-28-20)21(34)32-16-7-6-14-11-30-33-19(14)18(16)22(35)29-10-13-4-5-13/h2-3,6-9,11,13H,1,4-5,10H2,(H,28,31)(H,29,35)(H,30,33)(H,32,34)/b17-9-. The van der Waals surface area contributed by atoms with Crippen LogP contribution < -0.4 is 16.0 Å². The number of carbonyl (C=O) groups is 2. The number of allylic oxidation sites excluding steroid dienone is 2. The Kier molecular flexibility index (Phi) is 6.79. The normalized spacial score (nSPS) is 14.0. The van der Waals surface area contributed by atoms with Gasteiger partial charge in [0.2, 0.25) is 0 Å². The SMILES string of the molecule is C=C(/C=C(\Nc1ncccc1Cl)C(=O)Nc1ccc2cn[nH]c2c1C(=O)NCC1CC1)C(F)(F)F. The van der Waals surface area contributed by atoms with Gasteiger partial charge in [-0.05, 0) is 49.1 Å². The quantitative estimate of drug-likeness (QED) is 0.260. The highest BCUT2D eigenvalue weighted by Gasteiger charge is 2.32. The van der Waals surface area contributed by atoms with Gasteiger partial charge in [-0.3, -0.25) is 14.7 Å². The van der Waals surface area contributed by atoms with E-state index in [-0.39, 0.29) is 22.1 Å². The van der Waals surface area contributed by atoms with Crippen LogP contribution in [0.4, 0.5) is 24.7 Å². The highest BCUT2D eigenvalue weighted by atomic mass is 35.5. The Morgan fingerprint density at radius 2 is 2.00 bits per heavy atom. The van der Waals surface area contributed by atoms with Crippen molar-refractivity contribution in [2.24, 2.45) is 5.92 Å². The lowest BCUT2D eigenvalue weighted by atomic mass is 10.1. The number of aromatic nitrogens is 3. The summed E-state index contributed by atoms with van der Waals surface area (Å²) in [5.41, 5.74) is -1.23. The Morgan fingerprint density at radius 1 is 1.23 bits per heavy atom. The van der Waals surface area contributed by atoms with Crippen LogP contribution in [0.3, 0.4) is 0 Å². The molecule has 12 heteroatoms. The van der Waals surface area contributed by atoms with Gasteiger partial charge in [0.1, 0.15) is 11.5 Å². The number of H-pyrrole nitrogens is 1. The Morgan fingerprint density at radius 3 is 2.69 bits per heavy atom. The van der Waals surface area contributed by atoms with Crippen molar-refractivity contribution < 1.29 is 22.8 Å². The molecule has 3 aromatic rings. The number of anilines is 2. The van der Waals surface area contributed by atoms with Gasteiger partial charge in [-0.1, -0.05) is 18.2 Å². The fourth-order valence-electron chi connectivity index (χ4n) is 3.21. The van der Waals surface area contributed by atoms with E-state index in [0.717, 1.165) is 12.8 Å². The molecule has 1 aromatic carbocycles. The number of carbonyl (C=O) groups excluding carboxylic acids is 2. The van der Waals surface area contributed by atoms with Crippen molar-refractivity contribution >= 4 is 45.8 Å². The summed E-state index contributed by atoms with van der Waals surface area (Å²) in [6.45, 7) is 3.47. The lowest BCUT2D eigenvalue weighted by Gasteiger charge is -2.16. The van der Waals surface area contributed by atoms with E-state index in [4.69, 9.17) is 11.6 Å². The molecule has 35 heavy (non-hydrogen) atoms. The Hall–Kier alpha value is -3.86. The first kappa shape index (κ1) is 24.3. The van der Waals surface area contributed by atoms with Gasteiger partial charge in [0.05, 0.1) is 33.6 Å². The van der Waals surface area contributed by atoms with E-state index < -0.39 is 29.3 Å². The van der Waals surface area contributed by atoms with Crippen LogP contribution in [0.5, 0.6) is 0 Å². The van der Waals surface area contributed by atoms with Crippen molar-refractivity contribution in [2.75, 3.05) is 17.2 Å². The highest BCUT2D eigenvalue weighted by Crippen LogP contribution is 2.30. The molecule has 2 heterocycles. The molecule has 0 unspecified atom stereocenters. The van der Waals surface area contributed by atoms with Crippen LogP contribution in [-0.4, -0.2) is 39.7 Å². The second kappa shape index (κ2) is 9.79. The van der Waals surface area contributed by atoms with Gasteiger partial charge >= 0.3 is 6.18 Å². The number of nitrogens with zero attached hydrogens (tertiary/aromatic N) is 2. The van der Waals surface area contributed by atoms with Crippen LogP contribution in [0.2, 0.25) is 5.02 Å². The minimum atomic E-state index is -4.77. The van der Waals surface area contributed by atoms with Crippen LogP contribution in [0.15, 0.2) is 60.6 Å². The summed E-state index contributed by atoms with van der Waals surface area (Å²) < 4.78 is 39.5. The number of hydrogen-bond acceptors (Lipinski definition) is 5. The van der Waals surface area contributed by atoms with Gasteiger partial charge in [0, 0.05) is 18.1 Å². The monoisotopic (exact) mass is 504 g/mol. The second-order valence-corrected chi connectivity index (χ2v) is 8.38. The molecule has 1 saturated carbocycles. The van der Waals surface area contributed by atoms with Gasteiger partial charge < -0.3 is 16.0 Å². The van der Waals surface area contributed by atoms with Gasteiger partial charge in [0.15, 0.2) is 0 Å². The maximum Gasteiger partial charge on any atom is 0.415 e. The van der Waals surface area contributed by atoms with Crippen LogP contribution in [-0.2, 0) is 4.79 Å². The van der Waals surface area contributed by atoms with Crippen LogP contribution >= 0.6 is 11.6 Å². The lowest BCUT2D eigenvalue weighted by molar-refractivity contribution is -0.112. The fraction of sp³-hybridized carbons (Fsp3) is 0.217. The number of halogens is 4. The average Bonchev–Trinajstić information content (AvgIpc) is 3.52. The minimum absolute atomic E-state index is 0.0306. The molecule has 2 aromatic heterocycles. The third kappa shape index (κ3) is 5.80. The highest BCUT2D eigenvalue weighted by molar-refractivity contribution is 6.33. The van der Waals surface area contributed by atoms with Crippen molar-refractivity contribution in [1.29, 1.82) is 0 Å². The maximum atomic E-state index is 13.2. The van der Waals surface area contributed by atoms with E-state index >= 15 is 0 Å². The Balaban J connectivity index is 1.67. The molecule has 182 valence electrons. The number of rotatable bonds is 8. The summed E-state index contributed by atoms with van der Waals surface area (Å²) in [5, 5.41) is 15.2. The van der Waals surface area contributed by atoms with Crippen molar-refractivity contribution in [1.82, 2.24) is 20.5 Å². The fourth-order valence-corrected chi connectivity index (χ4v) is 3.38. The summed E-state index contributed by atoms with van der Waals surface area (Å²) in [6, 6.07) is 6.08. The van der Waals surface area contributed by atoms with Crippen LogP contribution in [0, 0.1) is 5.92 Å². The molecule has 4 rings (SSSR count). The molecular formula is C23H20ClF3N6O2. The molecule has 0 bridgehead atoms. The van der Waals surface area contributed by atoms with Crippen molar-refractivity contribution in [3.8, 4) is 0 Å². The number of benzene rings is 1. The van der Waals surface area contributed by atoms with E-state index in [1.54, 1.807) is 6.07 Å². The summed E-state index contributed by atoms with van der Waals surface area (Å²) in [7, 11) is 0. The predicted octanol–water partition coefficient (Wildman–Crippen LogP) is 4.80. The number of fused-ring (bicyclic) bond motifs is 1.